The van der Waals surface area contributed by atoms with Gasteiger partial charge in [-0.15, -0.1) is 66.5 Å². The molecule has 0 aliphatic rings. The Morgan fingerprint density at radius 3 is 1.06 bits per heavy atom. The quantitative estimate of drug-likeness (QED) is 0.383. The van der Waals surface area contributed by atoms with Crippen LogP contribution in [0.2, 0.25) is 37.5 Å². The lowest BCUT2D eigenvalue weighted by Gasteiger charge is -2.36. The normalized spacial score (nSPS) is 15.2. The molecule has 11 heteroatoms. The number of halogens is 6. The first-order chi connectivity index (χ1) is 7.12. The zero-order valence-corrected chi connectivity index (χ0v) is 18.6. The molecule has 0 spiro atoms. The van der Waals surface area contributed by atoms with Gasteiger partial charge in [0.25, 0.3) is 0 Å². The van der Waals surface area contributed by atoms with Gasteiger partial charge in [0.1, 0.15) is 0 Å². The molecule has 0 rings (SSSR count). The van der Waals surface area contributed by atoms with Crippen molar-refractivity contribution in [2.75, 3.05) is 0 Å². The lowest BCUT2D eigenvalue weighted by atomic mass is 11.8. The molecule has 0 aromatic heterocycles. The number of hydrogen-bond donors (Lipinski definition) is 0. The Bertz CT molecular complexity index is 234. The van der Waals surface area contributed by atoms with E-state index in [9.17, 15) is 0 Å². The summed E-state index contributed by atoms with van der Waals surface area (Å²) in [7, 11) is -4.00. The van der Waals surface area contributed by atoms with E-state index in [0.717, 1.165) is 0 Å². The Hall–Kier alpha value is 2.57. The van der Waals surface area contributed by atoms with Crippen molar-refractivity contribution in [3.63, 3.8) is 0 Å². The molecule has 0 aliphatic carbocycles. The van der Waals surface area contributed by atoms with Gasteiger partial charge in [0, 0.05) is 11.3 Å². The van der Waals surface area contributed by atoms with Gasteiger partial charge in [-0.1, -0.05) is 0 Å². The molecule has 0 radical (unpaired) electrons. The first-order valence-corrected chi connectivity index (χ1v) is 21.7. The standard InChI is InChI=1S/C6H16Cl6OSi4/c1-14(2,5-16(7,8)9)13-15(3,4)6-17(10,11)12/h5-6H2,1-4H3. The van der Waals surface area contributed by atoms with E-state index in [-0.39, 0.29) is 0 Å². The lowest BCUT2D eigenvalue weighted by Crippen LogP contribution is -2.49. The molecule has 0 fully saturated rings. The van der Waals surface area contributed by atoms with Gasteiger partial charge in [0.05, 0.1) is 0 Å². The van der Waals surface area contributed by atoms with Crippen molar-refractivity contribution in [2.45, 2.75) is 37.5 Å². The molecule has 104 valence electrons. The molecular formula is C6H16Cl6OSi4. The minimum absolute atomic E-state index is 0.572. The molecule has 17 heavy (non-hydrogen) atoms. The van der Waals surface area contributed by atoms with E-state index < -0.39 is 28.6 Å². The van der Waals surface area contributed by atoms with Crippen molar-refractivity contribution in [3.05, 3.63) is 0 Å². The summed E-state index contributed by atoms with van der Waals surface area (Å²) in [6.07, 6.45) is 0. The molecule has 0 amide bonds. The zero-order chi connectivity index (χ0) is 14.1. The van der Waals surface area contributed by atoms with Crippen LogP contribution in [0.25, 0.3) is 0 Å². The molecule has 0 atom stereocenters. The summed E-state index contributed by atoms with van der Waals surface area (Å²) in [5, 5.41) is 0. The van der Waals surface area contributed by atoms with E-state index in [1.54, 1.807) is 0 Å². The Kier molecular flexibility index (Phi) is 7.54. The van der Waals surface area contributed by atoms with E-state index in [1.807, 2.05) is 0 Å². The maximum Gasteiger partial charge on any atom is 0.341 e. The van der Waals surface area contributed by atoms with Crippen molar-refractivity contribution < 1.29 is 4.12 Å². The number of rotatable bonds is 6. The second kappa shape index (κ2) is 6.55. The van der Waals surface area contributed by atoms with Crippen LogP contribution in [0.4, 0.5) is 0 Å². The fourth-order valence-corrected chi connectivity index (χ4v) is 34.7. The third-order valence-electron chi connectivity index (χ3n) is 1.80. The molecular weight excluding hydrogens is 413 g/mol. The summed E-state index contributed by atoms with van der Waals surface area (Å²) in [6.45, 7) is 8.21. The van der Waals surface area contributed by atoms with Crippen LogP contribution in [0.1, 0.15) is 0 Å². The Balaban J connectivity index is 4.59. The van der Waals surface area contributed by atoms with Gasteiger partial charge in [0.15, 0.2) is 16.6 Å². The van der Waals surface area contributed by atoms with Gasteiger partial charge in [-0.2, -0.15) is 0 Å². The van der Waals surface area contributed by atoms with Gasteiger partial charge < -0.3 is 4.12 Å². The second-order valence-electron chi connectivity index (χ2n) is 5.21. The Labute approximate surface area is 135 Å². The molecule has 0 unspecified atom stereocenters. The van der Waals surface area contributed by atoms with Crippen LogP contribution >= 0.6 is 66.5 Å². The summed E-state index contributed by atoms with van der Waals surface area (Å²) >= 11 is 35.7. The Morgan fingerprint density at radius 2 is 0.882 bits per heavy atom. The highest BCUT2D eigenvalue weighted by atomic mass is 35.8. The fourth-order valence-electron chi connectivity index (χ4n) is 1.79. The van der Waals surface area contributed by atoms with Gasteiger partial charge >= 0.3 is 12.0 Å². The van der Waals surface area contributed by atoms with Crippen molar-refractivity contribution in [1.29, 1.82) is 0 Å². The minimum Gasteiger partial charge on any atom is -0.456 e. The van der Waals surface area contributed by atoms with E-state index in [4.69, 9.17) is 70.6 Å². The van der Waals surface area contributed by atoms with Crippen molar-refractivity contribution in [2.24, 2.45) is 0 Å². The first-order valence-electron chi connectivity index (χ1n) is 4.96. The second-order valence-corrected chi connectivity index (χ2v) is 33.4. The van der Waals surface area contributed by atoms with Crippen LogP contribution in [0.5, 0.6) is 0 Å². The maximum atomic E-state index is 6.22. The summed E-state index contributed by atoms with van der Waals surface area (Å²) in [5.41, 5.74) is 1.14. The molecule has 0 saturated carbocycles. The average Bonchev–Trinajstić information content (AvgIpc) is 1.65. The highest BCUT2D eigenvalue weighted by Crippen LogP contribution is 2.36. The van der Waals surface area contributed by atoms with Crippen LogP contribution in [-0.2, 0) is 4.12 Å². The summed E-state index contributed by atoms with van der Waals surface area (Å²) in [6, 6.07) is -5.33. The predicted molar refractivity (Wildman–Crippen MR) is 92.3 cm³/mol. The SMILES string of the molecule is C[Si](C)(C[Si](Cl)(Cl)Cl)O[Si](C)(C)C[Si](Cl)(Cl)Cl. The lowest BCUT2D eigenvalue weighted by molar-refractivity contribution is 0.553. The molecule has 0 heterocycles. The molecule has 0 aromatic carbocycles. The topological polar surface area (TPSA) is 9.23 Å². The molecule has 0 aromatic rings. The van der Waals surface area contributed by atoms with Crippen molar-refractivity contribution >= 4 is 95.1 Å². The minimum atomic E-state index is -2.66. The maximum absolute atomic E-state index is 6.22. The summed E-state index contributed by atoms with van der Waals surface area (Å²) in [4.78, 5) is 0. The molecule has 0 saturated heterocycles. The van der Waals surface area contributed by atoms with Crippen LogP contribution in [0.15, 0.2) is 0 Å². The first kappa shape index (κ1) is 19.6. The van der Waals surface area contributed by atoms with E-state index in [2.05, 4.69) is 26.2 Å². The van der Waals surface area contributed by atoms with E-state index >= 15 is 0 Å². The molecule has 0 bridgehead atoms. The highest BCUT2D eigenvalue weighted by molar-refractivity contribution is 7.67. The van der Waals surface area contributed by atoms with E-state index in [0.29, 0.717) is 11.3 Å². The van der Waals surface area contributed by atoms with Gasteiger partial charge in [-0.3, -0.25) is 0 Å². The Morgan fingerprint density at radius 1 is 0.647 bits per heavy atom. The summed E-state index contributed by atoms with van der Waals surface area (Å²) < 4.78 is 6.22. The van der Waals surface area contributed by atoms with Crippen LogP contribution in [-0.4, -0.2) is 28.6 Å². The van der Waals surface area contributed by atoms with Gasteiger partial charge in [0.2, 0.25) is 0 Å². The largest absolute Gasteiger partial charge is 0.456 e. The van der Waals surface area contributed by atoms with E-state index in [1.165, 1.54) is 0 Å². The molecule has 0 aliphatic heterocycles. The van der Waals surface area contributed by atoms with Crippen molar-refractivity contribution in [3.8, 4) is 0 Å². The smallest absolute Gasteiger partial charge is 0.341 e. The predicted octanol–water partition coefficient (Wildman–Crippen LogP) is 5.80. The summed E-state index contributed by atoms with van der Waals surface area (Å²) in [5.74, 6) is 0. The van der Waals surface area contributed by atoms with Gasteiger partial charge in [-0.25, -0.2) is 0 Å². The molecule has 1 nitrogen and oxygen atoms in total. The third kappa shape index (κ3) is 12.0. The molecule has 0 N–H and O–H groups in total. The third-order valence-corrected chi connectivity index (χ3v) is 23.5. The monoisotopic (exact) mass is 426 g/mol. The average molecular weight is 429 g/mol. The van der Waals surface area contributed by atoms with Crippen molar-refractivity contribution in [1.82, 2.24) is 0 Å². The van der Waals surface area contributed by atoms with Gasteiger partial charge in [-0.05, 0) is 26.2 Å². The fraction of sp³-hybridized carbons (Fsp3) is 1.00. The highest BCUT2D eigenvalue weighted by Gasteiger charge is 2.44. The number of hydrogen-bond acceptors (Lipinski definition) is 1. The van der Waals surface area contributed by atoms with Crippen LogP contribution < -0.4 is 0 Å². The van der Waals surface area contributed by atoms with Crippen LogP contribution in [0, 0.1) is 0 Å². The zero-order valence-electron chi connectivity index (χ0n) is 10.1. The van der Waals surface area contributed by atoms with Crippen LogP contribution in [0.3, 0.4) is 0 Å².